The number of aromatic nitrogens is 2. The van der Waals surface area contributed by atoms with Crippen molar-refractivity contribution in [2.24, 2.45) is 0 Å². The van der Waals surface area contributed by atoms with E-state index in [0.29, 0.717) is 36.2 Å². The Hall–Kier alpha value is -0.870. The van der Waals surface area contributed by atoms with E-state index in [1.54, 1.807) is 6.92 Å². The van der Waals surface area contributed by atoms with Crippen LogP contribution in [0.4, 0.5) is 5.82 Å². The Bertz CT molecular complexity index is 392. The van der Waals surface area contributed by atoms with Gasteiger partial charge >= 0.3 is 0 Å². The van der Waals surface area contributed by atoms with Crippen molar-refractivity contribution in [1.82, 2.24) is 9.97 Å². The molecule has 0 aliphatic heterocycles. The molecule has 0 amide bonds. The fraction of sp³-hybridized carbons (Fsp3) is 0.667. The Balaban J connectivity index is 2.82. The highest BCUT2D eigenvalue weighted by Crippen LogP contribution is 2.21. The predicted molar refractivity (Wildman–Crippen MR) is 70.5 cm³/mol. The third-order valence-corrected chi connectivity index (χ3v) is 3.47. The van der Waals surface area contributed by atoms with Crippen molar-refractivity contribution in [1.29, 1.82) is 0 Å². The minimum Gasteiger partial charge on any atom is -0.388 e. The van der Waals surface area contributed by atoms with Crippen molar-refractivity contribution in [2.45, 2.75) is 46.1 Å². The number of anilines is 1. The molecule has 0 bridgehead atoms. The Kier molecular flexibility index (Phi) is 4.71. The van der Waals surface area contributed by atoms with Crippen molar-refractivity contribution in [2.75, 3.05) is 11.9 Å². The molecule has 0 spiro atoms. The highest BCUT2D eigenvalue weighted by Gasteiger charge is 2.22. The van der Waals surface area contributed by atoms with Crippen LogP contribution < -0.4 is 5.32 Å². The van der Waals surface area contributed by atoms with Gasteiger partial charge in [-0.25, -0.2) is 9.97 Å². The van der Waals surface area contributed by atoms with Crippen LogP contribution in [0.15, 0.2) is 0 Å². The summed E-state index contributed by atoms with van der Waals surface area (Å²) in [5, 5.41) is 13.8. The minimum absolute atomic E-state index is 0.455. The molecule has 0 radical (unpaired) electrons. The van der Waals surface area contributed by atoms with Crippen LogP contribution in [0, 0.1) is 13.8 Å². The highest BCUT2D eigenvalue weighted by molar-refractivity contribution is 6.30. The number of hydrogen-bond acceptors (Lipinski definition) is 4. The Morgan fingerprint density at radius 2 is 1.82 bits per heavy atom. The van der Waals surface area contributed by atoms with Crippen LogP contribution in [0.2, 0.25) is 5.15 Å². The first-order valence-corrected chi connectivity index (χ1v) is 6.26. The second-order valence-corrected chi connectivity index (χ2v) is 4.68. The summed E-state index contributed by atoms with van der Waals surface area (Å²) in [6.45, 7) is 8.06. The normalized spacial score (nSPS) is 11.6. The maximum atomic E-state index is 10.2. The first kappa shape index (κ1) is 14.2. The lowest BCUT2D eigenvalue weighted by molar-refractivity contribution is 0.0456. The minimum atomic E-state index is -0.697. The van der Waals surface area contributed by atoms with Crippen LogP contribution in [0.1, 0.15) is 38.1 Å². The first-order valence-electron chi connectivity index (χ1n) is 5.89. The molecule has 96 valence electrons. The second kappa shape index (κ2) is 5.65. The van der Waals surface area contributed by atoms with Crippen molar-refractivity contribution in [3.8, 4) is 0 Å². The van der Waals surface area contributed by atoms with E-state index < -0.39 is 5.60 Å². The number of nitrogens with one attached hydrogen (secondary N) is 1. The van der Waals surface area contributed by atoms with E-state index in [4.69, 9.17) is 11.6 Å². The topological polar surface area (TPSA) is 58.0 Å². The van der Waals surface area contributed by atoms with E-state index in [1.165, 1.54) is 0 Å². The molecule has 5 heteroatoms. The molecule has 0 atom stereocenters. The Morgan fingerprint density at radius 3 is 2.35 bits per heavy atom. The smallest absolute Gasteiger partial charge is 0.137 e. The van der Waals surface area contributed by atoms with Crippen LogP contribution in [-0.2, 0) is 0 Å². The predicted octanol–water partition coefficient (Wildman–Crippen LogP) is 2.71. The summed E-state index contributed by atoms with van der Waals surface area (Å²) in [6.07, 6.45) is 1.40. The Morgan fingerprint density at radius 1 is 1.24 bits per heavy atom. The van der Waals surface area contributed by atoms with Crippen LogP contribution in [0.25, 0.3) is 0 Å². The lowest BCUT2D eigenvalue weighted by Crippen LogP contribution is -2.35. The van der Waals surface area contributed by atoms with Gasteiger partial charge in [-0.3, -0.25) is 0 Å². The van der Waals surface area contributed by atoms with Crippen LogP contribution in [-0.4, -0.2) is 27.2 Å². The van der Waals surface area contributed by atoms with Gasteiger partial charge in [-0.1, -0.05) is 25.4 Å². The van der Waals surface area contributed by atoms with Crippen LogP contribution >= 0.6 is 11.6 Å². The summed E-state index contributed by atoms with van der Waals surface area (Å²) < 4.78 is 0. The fourth-order valence-electron chi connectivity index (χ4n) is 1.51. The maximum absolute atomic E-state index is 10.2. The van der Waals surface area contributed by atoms with E-state index >= 15 is 0 Å². The van der Waals surface area contributed by atoms with Crippen molar-refractivity contribution in [3.05, 3.63) is 16.5 Å². The summed E-state index contributed by atoms with van der Waals surface area (Å²) >= 11 is 5.98. The summed E-state index contributed by atoms with van der Waals surface area (Å²) in [7, 11) is 0. The van der Waals surface area contributed by atoms with E-state index in [0.717, 1.165) is 5.56 Å². The summed E-state index contributed by atoms with van der Waals surface area (Å²) in [5.74, 6) is 1.32. The first-order chi connectivity index (χ1) is 7.91. The molecule has 0 aliphatic rings. The number of hydrogen-bond donors (Lipinski definition) is 2. The molecule has 1 heterocycles. The zero-order valence-electron chi connectivity index (χ0n) is 10.8. The van der Waals surface area contributed by atoms with Gasteiger partial charge in [0.25, 0.3) is 0 Å². The molecule has 0 fully saturated rings. The molecule has 4 nitrogen and oxygen atoms in total. The molecule has 0 saturated carbocycles. The van der Waals surface area contributed by atoms with Gasteiger partial charge in [0.15, 0.2) is 0 Å². The third kappa shape index (κ3) is 3.54. The van der Waals surface area contributed by atoms with E-state index in [2.05, 4.69) is 15.3 Å². The number of aryl methyl sites for hydroxylation is 1. The molecular weight excluding hydrogens is 238 g/mol. The zero-order chi connectivity index (χ0) is 13.1. The molecule has 0 saturated heterocycles. The standard InChI is InChI=1S/C12H20ClN3O/c1-5-12(17,6-2)7-14-11-8(3)10(13)15-9(4)16-11/h17H,5-7H2,1-4H3,(H,14,15,16). The van der Waals surface area contributed by atoms with Gasteiger partial charge in [-0.15, -0.1) is 0 Å². The van der Waals surface area contributed by atoms with Crippen molar-refractivity contribution < 1.29 is 5.11 Å². The Labute approximate surface area is 107 Å². The number of nitrogens with zero attached hydrogens (tertiary/aromatic N) is 2. The number of halogens is 1. The number of aliphatic hydroxyl groups is 1. The average Bonchev–Trinajstić information content (AvgIpc) is 2.31. The number of rotatable bonds is 5. The molecule has 0 aromatic carbocycles. The van der Waals surface area contributed by atoms with Gasteiger partial charge in [0.2, 0.25) is 0 Å². The summed E-state index contributed by atoms with van der Waals surface area (Å²) in [5.41, 5.74) is 0.115. The molecule has 1 aromatic rings. The van der Waals surface area contributed by atoms with Gasteiger partial charge < -0.3 is 10.4 Å². The quantitative estimate of drug-likeness (QED) is 0.797. The second-order valence-electron chi connectivity index (χ2n) is 4.32. The van der Waals surface area contributed by atoms with E-state index in [-0.39, 0.29) is 0 Å². The SMILES string of the molecule is CCC(O)(CC)CNc1nc(C)nc(Cl)c1C. The summed E-state index contributed by atoms with van der Waals surface area (Å²) in [4.78, 5) is 8.36. The molecule has 1 aromatic heterocycles. The lowest BCUT2D eigenvalue weighted by atomic mass is 9.97. The molecular formula is C12H20ClN3O. The van der Waals surface area contributed by atoms with Gasteiger partial charge in [0.05, 0.1) is 5.60 Å². The van der Waals surface area contributed by atoms with Gasteiger partial charge in [-0.2, -0.15) is 0 Å². The zero-order valence-corrected chi connectivity index (χ0v) is 11.6. The molecule has 17 heavy (non-hydrogen) atoms. The van der Waals surface area contributed by atoms with Crippen LogP contribution in [0.3, 0.4) is 0 Å². The third-order valence-electron chi connectivity index (χ3n) is 3.10. The maximum Gasteiger partial charge on any atom is 0.137 e. The molecule has 1 rings (SSSR count). The van der Waals surface area contributed by atoms with Crippen molar-refractivity contribution in [3.63, 3.8) is 0 Å². The van der Waals surface area contributed by atoms with Crippen LogP contribution in [0.5, 0.6) is 0 Å². The highest BCUT2D eigenvalue weighted by atomic mass is 35.5. The fourth-order valence-corrected chi connectivity index (χ4v) is 1.73. The molecule has 0 aliphatic carbocycles. The van der Waals surface area contributed by atoms with Gasteiger partial charge in [-0.05, 0) is 26.7 Å². The largest absolute Gasteiger partial charge is 0.388 e. The van der Waals surface area contributed by atoms with Gasteiger partial charge in [0, 0.05) is 12.1 Å². The van der Waals surface area contributed by atoms with E-state index in [1.807, 2.05) is 20.8 Å². The van der Waals surface area contributed by atoms with Crippen molar-refractivity contribution >= 4 is 17.4 Å². The monoisotopic (exact) mass is 257 g/mol. The summed E-state index contributed by atoms with van der Waals surface area (Å²) in [6, 6.07) is 0. The lowest BCUT2D eigenvalue weighted by Gasteiger charge is -2.26. The van der Waals surface area contributed by atoms with E-state index in [9.17, 15) is 5.11 Å². The average molecular weight is 258 g/mol. The molecule has 0 unspecified atom stereocenters. The van der Waals surface area contributed by atoms with Gasteiger partial charge in [0.1, 0.15) is 16.8 Å². The molecule has 2 N–H and O–H groups in total.